The largest absolute Gasteiger partial charge is 0.353 e. The van der Waals surface area contributed by atoms with Gasteiger partial charge >= 0.3 is 0 Å². The summed E-state index contributed by atoms with van der Waals surface area (Å²) < 4.78 is 0. The Bertz CT molecular complexity index is 342. The minimum Gasteiger partial charge on any atom is -0.353 e. The van der Waals surface area contributed by atoms with E-state index in [0.717, 1.165) is 32.1 Å². The zero-order valence-corrected chi connectivity index (χ0v) is 12.8. The van der Waals surface area contributed by atoms with Gasteiger partial charge in [-0.2, -0.15) is 0 Å². The van der Waals surface area contributed by atoms with E-state index in [-0.39, 0.29) is 28.6 Å². The van der Waals surface area contributed by atoms with E-state index in [9.17, 15) is 4.79 Å². The molecule has 0 unspecified atom stereocenters. The maximum atomic E-state index is 12.1. The number of piperidine rings is 1. The first-order valence-electron chi connectivity index (χ1n) is 7.47. The summed E-state index contributed by atoms with van der Waals surface area (Å²) in [6.07, 6.45) is 5.57. The number of carbonyl (C=O) groups is 1. The smallest absolute Gasteiger partial charge is 0.222 e. The van der Waals surface area contributed by atoms with Crippen LogP contribution in [0.1, 0.15) is 66.2 Å². The van der Waals surface area contributed by atoms with E-state index >= 15 is 0 Å². The Kier molecular flexibility index (Phi) is 3.69. The summed E-state index contributed by atoms with van der Waals surface area (Å²) in [6.45, 7) is 8.79. The van der Waals surface area contributed by atoms with E-state index in [1.54, 1.807) is 0 Å². The lowest BCUT2D eigenvalue weighted by Gasteiger charge is -2.47. The molecule has 0 spiro atoms. The highest BCUT2D eigenvalue weighted by Gasteiger charge is 2.39. The third-order valence-corrected chi connectivity index (χ3v) is 4.42. The maximum absolute atomic E-state index is 12.1. The van der Waals surface area contributed by atoms with Crippen molar-refractivity contribution in [1.82, 2.24) is 10.6 Å². The summed E-state index contributed by atoms with van der Waals surface area (Å²) in [5, 5.41) is 6.83. The van der Waals surface area contributed by atoms with Crippen LogP contribution in [0.2, 0.25) is 0 Å². The molecule has 1 saturated heterocycles. The molecule has 4 nitrogen and oxygen atoms in total. The number of rotatable bonds is 3. The van der Waals surface area contributed by atoms with Crippen LogP contribution in [0.4, 0.5) is 0 Å². The quantitative estimate of drug-likeness (QED) is 0.729. The molecule has 2 rings (SSSR count). The van der Waals surface area contributed by atoms with Gasteiger partial charge in [0, 0.05) is 29.1 Å². The Hall–Kier alpha value is -0.610. The summed E-state index contributed by atoms with van der Waals surface area (Å²) in [4.78, 5) is 12.1. The van der Waals surface area contributed by atoms with Crippen molar-refractivity contribution < 1.29 is 4.79 Å². The van der Waals surface area contributed by atoms with Gasteiger partial charge < -0.3 is 16.4 Å². The number of hydrogen-bond acceptors (Lipinski definition) is 3. The number of nitrogens with two attached hydrogens (primary N) is 1. The van der Waals surface area contributed by atoms with Gasteiger partial charge in [0.25, 0.3) is 0 Å². The van der Waals surface area contributed by atoms with E-state index in [1.807, 2.05) is 0 Å². The first-order valence-corrected chi connectivity index (χ1v) is 7.47. The first-order chi connectivity index (χ1) is 8.59. The van der Waals surface area contributed by atoms with Crippen LogP contribution in [0, 0.1) is 0 Å². The Morgan fingerprint density at radius 1 is 1.21 bits per heavy atom. The lowest BCUT2D eigenvalue weighted by Crippen LogP contribution is -2.62. The predicted molar refractivity (Wildman–Crippen MR) is 77.8 cm³/mol. The molecule has 0 radical (unpaired) electrons. The number of carbonyl (C=O) groups excluding carboxylic acids is 1. The highest BCUT2D eigenvalue weighted by molar-refractivity contribution is 5.77. The van der Waals surface area contributed by atoms with Gasteiger partial charge in [0.2, 0.25) is 5.91 Å². The molecular weight excluding hydrogens is 238 g/mol. The lowest BCUT2D eigenvalue weighted by atomic mass is 9.75. The Morgan fingerprint density at radius 3 is 2.16 bits per heavy atom. The number of hydrogen-bond donors (Lipinski definition) is 3. The molecule has 1 aliphatic carbocycles. The monoisotopic (exact) mass is 267 g/mol. The molecule has 2 aliphatic rings. The molecule has 0 atom stereocenters. The van der Waals surface area contributed by atoms with Crippen LogP contribution < -0.4 is 16.4 Å². The second-order valence-electron chi connectivity index (χ2n) is 7.96. The second-order valence-corrected chi connectivity index (χ2v) is 7.96. The third kappa shape index (κ3) is 3.93. The van der Waals surface area contributed by atoms with Crippen LogP contribution in [-0.2, 0) is 4.79 Å². The summed E-state index contributed by atoms with van der Waals surface area (Å²) in [5.41, 5.74) is 6.05. The average molecular weight is 267 g/mol. The molecule has 0 aromatic rings. The van der Waals surface area contributed by atoms with Crippen molar-refractivity contribution in [3.8, 4) is 0 Å². The molecule has 0 bridgehead atoms. The Balaban J connectivity index is 1.89. The van der Waals surface area contributed by atoms with Crippen LogP contribution in [0.15, 0.2) is 0 Å². The summed E-state index contributed by atoms with van der Waals surface area (Å²) in [7, 11) is 0. The topological polar surface area (TPSA) is 67.2 Å². The summed E-state index contributed by atoms with van der Waals surface area (Å²) in [6, 6.07) is 0.252. The fourth-order valence-electron chi connectivity index (χ4n) is 3.83. The number of amides is 1. The zero-order chi connectivity index (χ0) is 14.3. The highest BCUT2D eigenvalue weighted by Crippen LogP contribution is 2.33. The van der Waals surface area contributed by atoms with Crippen molar-refractivity contribution in [3.63, 3.8) is 0 Å². The predicted octanol–water partition coefficient (Wildman–Crippen LogP) is 1.68. The van der Waals surface area contributed by atoms with Gasteiger partial charge in [0.15, 0.2) is 0 Å². The molecule has 2 fully saturated rings. The molecule has 4 N–H and O–H groups in total. The van der Waals surface area contributed by atoms with E-state index in [2.05, 4.69) is 38.3 Å². The van der Waals surface area contributed by atoms with Gasteiger partial charge in [-0.15, -0.1) is 0 Å². The molecule has 1 saturated carbocycles. The third-order valence-electron chi connectivity index (χ3n) is 4.42. The molecule has 110 valence electrons. The van der Waals surface area contributed by atoms with Crippen molar-refractivity contribution in [2.45, 2.75) is 88.9 Å². The van der Waals surface area contributed by atoms with Crippen molar-refractivity contribution in [1.29, 1.82) is 0 Å². The van der Waals surface area contributed by atoms with Crippen LogP contribution in [0.25, 0.3) is 0 Å². The van der Waals surface area contributed by atoms with E-state index in [4.69, 9.17) is 5.73 Å². The van der Waals surface area contributed by atoms with Gasteiger partial charge in [-0.1, -0.05) is 0 Å². The molecule has 0 aromatic heterocycles. The fourth-order valence-corrected chi connectivity index (χ4v) is 3.83. The molecule has 1 heterocycles. The van der Waals surface area contributed by atoms with Gasteiger partial charge in [-0.05, 0) is 59.8 Å². The summed E-state index contributed by atoms with van der Waals surface area (Å²) in [5.74, 6) is 0.126. The molecule has 0 aromatic carbocycles. The van der Waals surface area contributed by atoms with Gasteiger partial charge in [0.1, 0.15) is 0 Å². The standard InChI is InChI=1S/C15H29N3O/c1-13(2)8-11(9-14(3,4)18-13)17-12(19)10-15(16)6-5-7-15/h11,18H,5-10,16H2,1-4H3,(H,17,19). The van der Waals surface area contributed by atoms with Crippen LogP contribution in [0.3, 0.4) is 0 Å². The SMILES string of the molecule is CC1(C)CC(NC(=O)CC2(N)CCC2)CC(C)(C)N1. The van der Waals surface area contributed by atoms with Crippen molar-refractivity contribution in [3.05, 3.63) is 0 Å². The van der Waals surface area contributed by atoms with Crippen LogP contribution in [0.5, 0.6) is 0 Å². The lowest BCUT2D eigenvalue weighted by molar-refractivity contribution is -0.124. The van der Waals surface area contributed by atoms with Gasteiger partial charge in [-0.3, -0.25) is 4.79 Å². The molecule has 19 heavy (non-hydrogen) atoms. The van der Waals surface area contributed by atoms with Crippen LogP contribution in [-0.4, -0.2) is 28.6 Å². The maximum Gasteiger partial charge on any atom is 0.222 e. The van der Waals surface area contributed by atoms with E-state index in [1.165, 1.54) is 0 Å². The molecular formula is C15H29N3O. The normalized spacial score (nSPS) is 28.5. The Labute approximate surface area is 116 Å². The molecule has 4 heteroatoms. The second kappa shape index (κ2) is 4.74. The van der Waals surface area contributed by atoms with Crippen molar-refractivity contribution in [2.24, 2.45) is 5.73 Å². The molecule has 1 amide bonds. The van der Waals surface area contributed by atoms with Gasteiger partial charge in [-0.25, -0.2) is 0 Å². The minimum absolute atomic E-state index is 0.0660. The zero-order valence-electron chi connectivity index (χ0n) is 12.8. The fraction of sp³-hybridized carbons (Fsp3) is 0.933. The number of nitrogens with one attached hydrogen (secondary N) is 2. The van der Waals surface area contributed by atoms with Crippen molar-refractivity contribution in [2.75, 3.05) is 0 Å². The van der Waals surface area contributed by atoms with E-state index in [0.29, 0.717) is 6.42 Å². The summed E-state index contributed by atoms with van der Waals surface area (Å²) >= 11 is 0. The Morgan fingerprint density at radius 2 is 1.74 bits per heavy atom. The van der Waals surface area contributed by atoms with Crippen molar-refractivity contribution >= 4 is 5.91 Å². The van der Waals surface area contributed by atoms with Crippen LogP contribution >= 0.6 is 0 Å². The highest BCUT2D eigenvalue weighted by atomic mass is 16.1. The first kappa shape index (κ1) is 14.8. The minimum atomic E-state index is -0.220. The van der Waals surface area contributed by atoms with Gasteiger partial charge in [0.05, 0.1) is 0 Å². The van der Waals surface area contributed by atoms with E-state index < -0.39 is 0 Å². The molecule has 1 aliphatic heterocycles. The average Bonchev–Trinajstić information content (AvgIpc) is 2.08.